The summed E-state index contributed by atoms with van der Waals surface area (Å²) in [6.07, 6.45) is -1.63. The summed E-state index contributed by atoms with van der Waals surface area (Å²) in [6.45, 7) is 3.52. The Labute approximate surface area is 64.5 Å². The fourth-order valence-corrected chi connectivity index (χ4v) is 1.14. The fourth-order valence-electron chi connectivity index (χ4n) is 1.14. The quantitative estimate of drug-likeness (QED) is 0.582. The van der Waals surface area contributed by atoms with Gasteiger partial charge in [-0.25, -0.2) is 4.79 Å². The first kappa shape index (κ1) is 8.30. The van der Waals surface area contributed by atoms with Crippen LogP contribution in [0.2, 0.25) is 0 Å². The molecule has 0 amide bonds. The lowest BCUT2D eigenvalue weighted by molar-refractivity contribution is -0.0470. The molecule has 4 heteroatoms. The summed E-state index contributed by atoms with van der Waals surface area (Å²) in [6, 6.07) is 0. The standard InChI is InChI=1S/C7H11FO3/c1-3-7(4-2)5(8)10-6(9)11-7/h5H,3-4H2,1-2H3. The van der Waals surface area contributed by atoms with Gasteiger partial charge >= 0.3 is 6.16 Å². The van der Waals surface area contributed by atoms with Gasteiger partial charge in [-0.3, -0.25) is 0 Å². The number of cyclic esters (lactones) is 2. The predicted octanol–water partition coefficient (Wildman–Crippen LogP) is 2.01. The molecule has 1 rings (SSSR count). The largest absolute Gasteiger partial charge is 0.511 e. The van der Waals surface area contributed by atoms with Crippen molar-refractivity contribution in [1.82, 2.24) is 0 Å². The Bertz CT molecular complexity index is 165. The average Bonchev–Trinajstić information content (AvgIpc) is 2.27. The highest BCUT2D eigenvalue weighted by molar-refractivity contribution is 5.63. The molecule has 0 aromatic carbocycles. The van der Waals surface area contributed by atoms with E-state index in [1.165, 1.54) is 0 Å². The second-order valence-corrected chi connectivity index (χ2v) is 2.56. The van der Waals surface area contributed by atoms with Crippen molar-refractivity contribution in [2.75, 3.05) is 0 Å². The highest BCUT2D eigenvalue weighted by Crippen LogP contribution is 2.33. The first-order valence-electron chi connectivity index (χ1n) is 3.68. The van der Waals surface area contributed by atoms with Crippen molar-refractivity contribution in [1.29, 1.82) is 0 Å². The van der Waals surface area contributed by atoms with Crippen molar-refractivity contribution in [2.45, 2.75) is 38.6 Å². The first-order valence-corrected chi connectivity index (χ1v) is 3.68. The molecule has 1 heterocycles. The van der Waals surface area contributed by atoms with Crippen LogP contribution in [0.4, 0.5) is 9.18 Å². The number of alkyl halides is 1. The molecule has 0 aromatic rings. The average molecular weight is 162 g/mol. The van der Waals surface area contributed by atoms with Crippen LogP contribution in [-0.2, 0) is 9.47 Å². The summed E-state index contributed by atoms with van der Waals surface area (Å²) in [5.74, 6) is 0. The van der Waals surface area contributed by atoms with Crippen molar-refractivity contribution in [3.63, 3.8) is 0 Å². The molecule has 0 aromatic heterocycles. The van der Waals surface area contributed by atoms with Gasteiger partial charge < -0.3 is 9.47 Å². The third-order valence-electron chi connectivity index (χ3n) is 2.10. The monoisotopic (exact) mass is 162 g/mol. The maximum Gasteiger partial charge on any atom is 0.511 e. The summed E-state index contributed by atoms with van der Waals surface area (Å²) < 4.78 is 21.9. The van der Waals surface area contributed by atoms with Crippen LogP contribution in [0.3, 0.4) is 0 Å². The number of hydrogen-bond acceptors (Lipinski definition) is 3. The van der Waals surface area contributed by atoms with Crippen LogP contribution in [-0.4, -0.2) is 18.1 Å². The second kappa shape index (κ2) is 2.68. The normalized spacial score (nSPS) is 27.9. The topological polar surface area (TPSA) is 35.5 Å². The van der Waals surface area contributed by atoms with Gasteiger partial charge in [-0.15, -0.1) is 0 Å². The van der Waals surface area contributed by atoms with Crippen molar-refractivity contribution in [3.8, 4) is 0 Å². The van der Waals surface area contributed by atoms with Crippen molar-refractivity contribution >= 4 is 6.16 Å². The molecule has 0 N–H and O–H groups in total. The summed E-state index contributed by atoms with van der Waals surface area (Å²) in [7, 11) is 0. The minimum Gasteiger partial charge on any atom is -0.421 e. The van der Waals surface area contributed by atoms with Gasteiger partial charge in [-0.2, -0.15) is 4.39 Å². The van der Waals surface area contributed by atoms with Crippen molar-refractivity contribution < 1.29 is 18.7 Å². The maximum atomic E-state index is 12.9. The third kappa shape index (κ3) is 1.17. The molecule has 11 heavy (non-hydrogen) atoms. The zero-order chi connectivity index (χ0) is 8.48. The Morgan fingerprint density at radius 3 is 2.27 bits per heavy atom. The zero-order valence-corrected chi connectivity index (χ0v) is 6.59. The van der Waals surface area contributed by atoms with Gasteiger partial charge in [0, 0.05) is 0 Å². The number of hydrogen-bond donors (Lipinski definition) is 0. The predicted molar refractivity (Wildman–Crippen MR) is 35.8 cm³/mol. The van der Waals surface area contributed by atoms with E-state index in [0.717, 1.165) is 0 Å². The number of halogens is 1. The van der Waals surface area contributed by atoms with Crippen LogP contribution in [0.15, 0.2) is 0 Å². The number of rotatable bonds is 2. The van der Waals surface area contributed by atoms with E-state index < -0.39 is 18.1 Å². The van der Waals surface area contributed by atoms with Crippen molar-refractivity contribution in [2.24, 2.45) is 0 Å². The van der Waals surface area contributed by atoms with Crippen LogP contribution in [0, 0.1) is 0 Å². The smallest absolute Gasteiger partial charge is 0.421 e. The van der Waals surface area contributed by atoms with Gasteiger partial charge in [0.1, 0.15) is 0 Å². The maximum absolute atomic E-state index is 12.9. The number of carbonyl (C=O) groups excluding carboxylic acids is 1. The fraction of sp³-hybridized carbons (Fsp3) is 0.857. The lowest BCUT2D eigenvalue weighted by Crippen LogP contribution is -2.35. The Hall–Kier alpha value is -0.800. The highest BCUT2D eigenvalue weighted by atomic mass is 19.1. The Morgan fingerprint density at radius 1 is 1.55 bits per heavy atom. The molecule has 0 bridgehead atoms. The molecule has 1 saturated heterocycles. The molecule has 64 valence electrons. The molecule has 0 radical (unpaired) electrons. The Morgan fingerprint density at radius 2 is 2.09 bits per heavy atom. The summed E-state index contributed by atoms with van der Waals surface area (Å²) in [5, 5.41) is 0. The SMILES string of the molecule is CCC1(CC)OC(=O)OC1F. The van der Waals surface area contributed by atoms with E-state index in [2.05, 4.69) is 4.74 Å². The molecule has 1 fully saturated rings. The molecular formula is C7H11FO3. The van der Waals surface area contributed by atoms with Crippen LogP contribution >= 0.6 is 0 Å². The highest BCUT2D eigenvalue weighted by Gasteiger charge is 2.49. The summed E-state index contributed by atoms with van der Waals surface area (Å²) in [4.78, 5) is 10.5. The summed E-state index contributed by atoms with van der Waals surface area (Å²) in [5.41, 5.74) is -1.03. The number of ether oxygens (including phenoxy) is 2. The van der Waals surface area contributed by atoms with Crippen LogP contribution < -0.4 is 0 Å². The van der Waals surface area contributed by atoms with E-state index in [9.17, 15) is 9.18 Å². The molecule has 0 aliphatic carbocycles. The lowest BCUT2D eigenvalue weighted by Gasteiger charge is -2.22. The minimum absolute atomic E-state index is 0.441. The molecule has 1 unspecified atom stereocenters. The van der Waals surface area contributed by atoms with Crippen LogP contribution in [0.1, 0.15) is 26.7 Å². The molecular weight excluding hydrogens is 151 g/mol. The number of carbonyl (C=O) groups is 1. The Kier molecular flexibility index (Phi) is 2.02. The molecule has 0 saturated carbocycles. The van der Waals surface area contributed by atoms with E-state index in [4.69, 9.17) is 4.74 Å². The first-order chi connectivity index (χ1) is 5.14. The van der Waals surface area contributed by atoms with Gasteiger partial charge in [-0.05, 0) is 12.8 Å². The van der Waals surface area contributed by atoms with Gasteiger partial charge in [0.25, 0.3) is 6.36 Å². The molecule has 1 aliphatic heterocycles. The van der Waals surface area contributed by atoms with Crippen LogP contribution in [0.25, 0.3) is 0 Å². The second-order valence-electron chi connectivity index (χ2n) is 2.56. The lowest BCUT2D eigenvalue weighted by atomic mass is 9.98. The summed E-state index contributed by atoms with van der Waals surface area (Å²) >= 11 is 0. The van der Waals surface area contributed by atoms with Crippen molar-refractivity contribution in [3.05, 3.63) is 0 Å². The van der Waals surface area contributed by atoms with E-state index in [0.29, 0.717) is 12.8 Å². The van der Waals surface area contributed by atoms with E-state index in [-0.39, 0.29) is 0 Å². The van der Waals surface area contributed by atoms with Gasteiger partial charge in [0.2, 0.25) is 0 Å². The molecule has 1 atom stereocenters. The third-order valence-corrected chi connectivity index (χ3v) is 2.10. The van der Waals surface area contributed by atoms with E-state index in [1.54, 1.807) is 13.8 Å². The van der Waals surface area contributed by atoms with Gasteiger partial charge in [-0.1, -0.05) is 13.8 Å². The molecule has 0 spiro atoms. The van der Waals surface area contributed by atoms with E-state index >= 15 is 0 Å². The zero-order valence-electron chi connectivity index (χ0n) is 6.59. The van der Waals surface area contributed by atoms with Crippen LogP contribution in [0.5, 0.6) is 0 Å². The van der Waals surface area contributed by atoms with Gasteiger partial charge in [0.15, 0.2) is 5.60 Å². The Balaban J connectivity index is 2.75. The minimum atomic E-state index is -1.61. The molecule has 1 aliphatic rings. The van der Waals surface area contributed by atoms with Gasteiger partial charge in [0.05, 0.1) is 0 Å². The molecule has 3 nitrogen and oxygen atoms in total. The van der Waals surface area contributed by atoms with E-state index in [1.807, 2.05) is 0 Å².